The van der Waals surface area contributed by atoms with Crippen molar-refractivity contribution in [1.82, 2.24) is 15.0 Å². The predicted molar refractivity (Wildman–Crippen MR) is 276 cm³/mol. The van der Waals surface area contributed by atoms with Gasteiger partial charge in [0.05, 0.1) is 5.58 Å². The van der Waals surface area contributed by atoms with E-state index >= 15 is 0 Å². The van der Waals surface area contributed by atoms with E-state index in [-0.39, 0.29) is 20.1 Å². The van der Waals surface area contributed by atoms with Crippen LogP contribution in [0.3, 0.4) is 0 Å². The Hall–Kier alpha value is -7.56. The maximum atomic E-state index is 6.40. The van der Waals surface area contributed by atoms with Gasteiger partial charge in [0, 0.05) is 29.2 Å². The number of pyridine rings is 3. The fourth-order valence-corrected chi connectivity index (χ4v) is 8.76. The number of aromatic nitrogens is 3. The molecule has 0 fully saturated rings. The molecule has 0 spiro atoms. The second-order valence-electron chi connectivity index (χ2n) is 17.3. The minimum Gasteiger partial charge on any atom is -0.491 e. The van der Waals surface area contributed by atoms with Crippen LogP contribution in [-0.2, 0) is 20.1 Å². The molecule has 330 valence electrons. The van der Waals surface area contributed by atoms with Crippen LogP contribution >= 0.6 is 0 Å². The van der Waals surface area contributed by atoms with E-state index in [1.165, 1.54) is 33.4 Å². The first-order valence-corrected chi connectivity index (χ1v) is 22.9. The number of furan rings is 1. The first kappa shape index (κ1) is 45.6. The largest absolute Gasteiger partial charge is 3.00 e. The van der Waals surface area contributed by atoms with Crippen molar-refractivity contribution in [1.29, 1.82) is 0 Å². The van der Waals surface area contributed by atoms with E-state index in [1.54, 1.807) is 12.4 Å². The van der Waals surface area contributed by atoms with Crippen molar-refractivity contribution in [2.24, 2.45) is 0 Å². The summed E-state index contributed by atoms with van der Waals surface area (Å²) in [5, 5.41) is 2.10. The zero-order chi connectivity index (χ0) is 45.7. The van der Waals surface area contributed by atoms with Crippen LogP contribution in [0, 0.1) is 18.2 Å². The Labute approximate surface area is 412 Å². The first-order valence-electron chi connectivity index (χ1n) is 22.9. The number of nitrogens with zero attached hydrogens (tertiary/aromatic N) is 3. The summed E-state index contributed by atoms with van der Waals surface area (Å²) >= 11 is 0. The zero-order valence-corrected chi connectivity index (χ0v) is 40.8. The third kappa shape index (κ3) is 9.64. The van der Waals surface area contributed by atoms with E-state index in [0.717, 1.165) is 78.1 Å². The minimum absolute atomic E-state index is 0. The van der Waals surface area contributed by atoms with Crippen molar-refractivity contribution in [2.75, 3.05) is 0 Å². The number of benzene rings is 7. The molecular formula is C63H48IrN3O. The van der Waals surface area contributed by atoms with E-state index in [0.29, 0.717) is 11.8 Å². The van der Waals surface area contributed by atoms with Crippen LogP contribution in [0.25, 0.3) is 100 Å². The summed E-state index contributed by atoms with van der Waals surface area (Å²) in [7, 11) is 0. The van der Waals surface area contributed by atoms with E-state index in [9.17, 15) is 0 Å². The molecule has 0 amide bonds. The Morgan fingerprint density at radius 2 is 0.971 bits per heavy atom. The van der Waals surface area contributed by atoms with Crippen LogP contribution in [0.4, 0.5) is 0 Å². The van der Waals surface area contributed by atoms with Crippen molar-refractivity contribution < 1.29 is 24.5 Å². The fraction of sp³-hybridized carbons (Fsp3) is 0.0952. The van der Waals surface area contributed by atoms with E-state index < -0.39 is 0 Å². The Bertz CT molecular complexity index is 3340. The van der Waals surface area contributed by atoms with Gasteiger partial charge in [0.1, 0.15) is 5.58 Å². The van der Waals surface area contributed by atoms with Gasteiger partial charge in [0.2, 0.25) is 0 Å². The molecule has 0 saturated carbocycles. The van der Waals surface area contributed by atoms with Crippen LogP contribution in [0.1, 0.15) is 50.7 Å². The molecule has 0 N–H and O–H groups in total. The number of hydrogen-bond donors (Lipinski definition) is 0. The number of rotatable bonds is 9. The molecule has 0 bridgehead atoms. The van der Waals surface area contributed by atoms with Crippen LogP contribution in [0.5, 0.6) is 0 Å². The Morgan fingerprint density at radius 1 is 0.426 bits per heavy atom. The molecule has 0 unspecified atom stereocenters. The van der Waals surface area contributed by atoms with Gasteiger partial charge in [-0.3, -0.25) is 9.97 Å². The smallest absolute Gasteiger partial charge is 0.491 e. The van der Waals surface area contributed by atoms with Crippen molar-refractivity contribution in [3.8, 4) is 78.4 Å². The fourth-order valence-electron chi connectivity index (χ4n) is 8.76. The van der Waals surface area contributed by atoms with E-state index in [1.807, 2.05) is 91.0 Å². The van der Waals surface area contributed by atoms with Gasteiger partial charge < -0.3 is 9.40 Å². The van der Waals surface area contributed by atoms with E-state index in [4.69, 9.17) is 9.40 Å². The molecule has 11 rings (SSSR count). The van der Waals surface area contributed by atoms with Crippen molar-refractivity contribution in [3.05, 3.63) is 236 Å². The molecule has 0 aliphatic carbocycles. The molecule has 0 radical (unpaired) electrons. The molecule has 7 aromatic carbocycles. The summed E-state index contributed by atoms with van der Waals surface area (Å²) in [5.41, 5.74) is 19.0. The maximum absolute atomic E-state index is 6.40. The summed E-state index contributed by atoms with van der Waals surface area (Å²) in [4.78, 5) is 14.1. The van der Waals surface area contributed by atoms with Crippen LogP contribution in [0.15, 0.2) is 211 Å². The van der Waals surface area contributed by atoms with E-state index in [2.05, 4.69) is 159 Å². The summed E-state index contributed by atoms with van der Waals surface area (Å²) in [6.07, 6.45) is 3.59. The summed E-state index contributed by atoms with van der Waals surface area (Å²) in [5.74, 6) is 0.737. The second-order valence-corrected chi connectivity index (χ2v) is 17.3. The minimum atomic E-state index is 0. The second kappa shape index (κ2) is 20.5. The molecule has 68 heavy (non-hydrogen) atoms. The number of fused-ring (bicyclic) bond motifs is 3. The molecule has 0 atom stereocenters. The summed E-state index contributed by atoms with van der Waals surface area (Å²) in [6, 6.07) is 76.9. The Morgan fingerprint density at radius 3 is 1.50 bits per heavy atom. The third-order valence-electron chi connectivity index (χ3n) is 12.1. The third-order valence-corrected chi connectivity index (χ3v) is 12.1. The molecule has 0 aliphatic rings. The van der Waals surface area contributed by atoms with Gasteiger partial charge >= 0.3 is 20.1 Å². The van der Waals surface area contributed by atoms with Gasteiger partial charge in [-0.2, -0.15) is 0 Å². The predicted octanol–water partition coefficient (Wildman–Crippen LogP) is 16.8. The first-order chi connectivity index (χ1) is 32.9. The van der Waals surface area contributed by atoms with Gasteiger partial charge in [0.25, 0.3) is 0 Å². The van der Waals surface area contributed by atoms with Gasteiger partial charge in [0.15, 0.2) is 0 Å². The monoisotopic (exact) mass is 1060 g/mol. The van der Waals surface area contributed by atoms with Crippen molar-refractivity contribution in [3.63, 3.8) is 0 Å². The van der Waals surface area contributed by atoms with Crippen molar-refractivity contribution in [2.45, 2.75) is 39.5 Å². The molecule has 0 saturated heterocycles. The van der Waals surface area contributed by atoms with Gasteiger partial charge in [-0.15, -0.1) is 83.9 Å². The summed E-state index contributed by atoms with van der Waals surface area (Å²) < 4.78 is 6.40. The molecule has 11 aromatic rings. The maximum Gasteiger partial charge on any atom is 3.00 e. The van der Waals surface area contributed by atoms with Gasteiger partial charge in [-0.25, -0.2) is 0 Å². The molecule has 4 aromatic heterocycles. The van der Waals surface area contributed by atoms with Crippen LogP contribution in [0.2, 0.25) is 0 Å². The molecule has 5 heteroatoms. The average Bonchev–Trinajstić information content (AvgIpc) is 3.77. The molecule has 4 heterocycles. The summed E-state index contributed by atoms with van der Waals surface area (Å²) in [6.45, 7) is 9.15. The van der Waals surface area contributed by atoms with Crippen LogP contribution < -0.4 is 0 Å². The topological polar surface area (TPSA) is 51.8 Å². The normalized spacial score (nSPS) is 11.1. The van der Waals surface area contributed by atoms with Crippen LogP contribution in [-0.4, -0.2) is 15.0 Å². The van der Waals surface area contributed by atoms with Crippen molar-refractivity contribution >= 4 is 21.9 Å². The average molecular weight is 1060 g/mol. The molecule has 0 aliphatic heterocycles. The standard InChI is InChI=1S/C35H31N.C28H17N2O.Ir/c1-24(2)31-20-29(26-14-8-5-9-15-26)21-32(25(3)4)35(31)30-22-33(27-16-10-6-11-17-27)36-34(23-30)28-18-12-7-13-19-28;1-2-8-19(9-3-1)20-12-13-22-23-16-21(25-10-4-6-14-29-25)17-24(26-11-5-7-15-30-26)28(23)31-27(22)18-20;/h5-16,18,20-25H,1-4H3;1-16,18H;/q-2;-1;+3. The quantitative estimate of drug-likeness (QED) is 0.135. The molecule has 4 nitrogen and oxygen atoms in total. The van der Waals surface area contributed by atoms with Gasteiger partial charge in [-0.05, 0) is 91.3 Å². The zero-order valence-electron chi connectivity index (χ0n) is 38.4. The Kier molecular flexibility index (Phi) is 13.8. The Balaban J connectivity index is 0.000000169. The van der Waals surface area contributed by atoms with Gasteiger partial charge in [-0.1, -0.05) is 160 Å². The SMILES string of the molecule is CC(C)c1cc(-c2ccccc2)cc(C(C)C)c1-c1cc(-c2[c-]cccc2)nc(-c2[c-]cccc2)c1.[Ir+3].[c-]1c(-c2ccccn2)cc2c(oc3cc(-c4ccccc4)ccc32)c1-c1ccccn1. The molecular weight excluding hydrogens is 1010 g/mol. The number of hydrogen-bond acceptors (Lipinski definition) is 4.